The van der Waals surface area contributed by atoms with Crippen molar-refractivity contribution >= 4 is 10.0 Å². The minimum absolute atomic E-state index is 0.0838. The lowest BCUT2D eigenvalue weighted by Crippen LogP contribution is -2.60. The molecule has 0 spiro atoms. The predicted octanol–water partition coefficient (Wildman–Crippen LogP) is 3.75. The number of rotatable bonds is 6. The SMILES string of the molecule is Cc1ccccc1S(=O)(=O)NC1CN(C(c2ccccc2)c2ccccc2)C1. The highest BCUT2D eigenvalue weighted by Gasteiger charge is 2.36. The molecule has 144 valence electrons. The van der Waals surface area contributed by atoms with E-state index in [4.69, 9.17) is 0 Å². The van der Waals surface area contributed by atoms with E-state index in [1.54, 1.807) is 12.1 Å². The zero-order chi connectivity index (χ0) is 19.6. The average Bonchev–Trinajstić information content (AvgIpc) is 2.68. The molecule has 1 heterocycles. The molecule has 3 aromatic rings. The van der Waals surface area contributed by atoms with Crippen molar-refractivity contribution in [3.63, 3.8) is 0 Å². The second-order valence-electron chi connectivity index (χ2n) is 7.26. The van der Waals surface area contributed by atoms with Crippen LogP contribution < -0.4 is 4.72 Å². The van der Waals surface area contributed by atoms with Gasteiger partial charge in [-0.15, -0.1) is 0 Å². The largest absolute Gasteiger partial charge is 0.289 e. The minimum atomic E-state index is -3.51. The van der Waals surface area contributed by atoms with Gasteiger partial charge in [-0.2, -0.15) is 0 Å². The van der Waals surface area contributed by atoms with Crippen LogP contribution in [-0.2, 0) is 10.0 Å². The van der Waals surface area contributed by atoms with Crippen LogP contribution in [0.5, 0.6) is 0 Å². The van der Waals surface area contributed by atoms with Crippen LogP contribution in [0.15, 0.2) is 89.8 Å². The number of aryl methyl sites for hydroxylation is 1. The summed E-state index contributed by atoms with van der Waals surface area (Å²) in [6.45, 7) is 3.18. The number of hydrogen-bond acceptors (Lipinski definition) is 3. The van der Waals surface area contributed by atoms with Crippen molar-refractivity contribution in [1.82, 2.24) is 9.62 Å². The molecule has 0 aromatic heterocycles. The Bertz CT molecular complexity index is 991. The molecule has 3 aromatic carbocycles. The number of benzene rings is 3. The Morgan fingerprint density at radius 2 is 1.32 bits per heavy atom. The number of likely N-dealkylation sites (tertiary alicyclic amines) is 1. The molecule has 0 radical (unpaired) electrons. The molecule has 0 aliphatic carbocycles. The van der Waals surface area contributed by atoms with Gasteiger partial charge >= 0.3 is 0 Å². The number of nitrogens with one attached hydrogen (secondary N) is 1. The molecule has 28 heavy (non-hydrogen) atoms. The molecule has 1 fully saturated rings. The van der Waals surface area contributed by atoms with Gasteiger partial charge in [-0.25, -0.2) is 13.1 Å². The van der Waals surface area contributed by atoms with Crippen LogP contribution in [0, 0.1) is 6.92 Å². The third kappa shape index (κ3) is 3.87. The van der Waals surface area contributed by atoms with Crippen LogP contribution in [-0.4, -0.2) is 32.4 Å². The lowest BCUT2D eigenvalue weighted by Gasteiger charge is -2.44. The van der Waals surface area contributed by atoms with E-state index in [0.717, 1.165) is 5.56 Å². The van der Waals surface area contributed by atoms with Gasteiger partial charge in [0, 0.05) is 19.1 Å². The summed E-state index contributed by atoms with van der Waals surface area (Å²) in [5.41, 5.74) is 3.19. The molecule has 0 amide bonds. The molecule has 1 aliphatic heterocycles. The highest BCUT2D eigenvalue weighted by Crippen LogP contribution is 2.32. The van der Waals surface area contributed by atoms with E-state index < -0.39 is 10.0 Å². The van der Waals surface area contributed by atoms with Gasteiger partial charge in [-0.3, -0.25) is 4.90 Å². The first-order valence-electron chi connectivity index (χ1n) is 9.46. The molecule has 1 N–H and O–H groups in total. The number of sulfonamides is 1. The van der Waals surface area contributed by atoms with Crippen LogP contribution in [0.25, 0.3) is 0 Å². The maximum absolute atomic E-state index is 12.7. The molecule has 1 saturated heterocycles. The van der Waals surface area contributed by atoms with E-state index >= 15 is 0 Å². The third-order valence-electron chi connectivity index (χ3n) is 5.21. The van der Waals surface area contributed by atoms with E-state index in [2.05, 4.69) is 33.9 Å². The summed E-state index contributed by atoms with van der Waals surface area (Å²) in [5.74, 6) is 0. The summed E-state index contributed by atoms with van der Waals surface area (Å²) < 4.78 is 28.4. The van der Waals surface area contributed by atoms with Crippen molar-refractivity contribution in [2.24, 2.45) is 0 Å². The molecule has 0 saturated carbocycles. The molecule has 1 aliphatic rings. The fraction of sp³-hybridized carbons (Fsp3) is 0.217. The summed E-state index contributed by atoms with van der Waals surface area (Å²) in [7, 11) is -3.51. The standard InChI is InChI=1S/C23H24N2O2S/c1-18-10-8-9-15-22(18)28(26,27)24-21-16-25(17-21)23(19-11-4-2-5-12-19)20-13-6-3-7-14-20/h2-15,21,23-24H,16-17H2,1H3. The Kier molecular flexibility index (Phi) is 5.31. The Morgan fingerprint density at radius 3 is 1.86 bits per heavy atom. The van der Waals surface area contributed by atoms with Gasteiger partial charge in [-0.1, -0.05) is 78.9 Å². The van der Waals surface area contributed by atoms with Crippen molar-refractivity contribution in [3.8, 4) is 0 Å². The quantitative estimate of drug-likeness (QED) is 0.695. The number of hydrogen-bond donors (Lipinski definition) is 1. The Hall–Kier alpha value is -2.47. The zero-order valence-corrected chi connectivity index (χ0v) is 16.6. The maximum Gasteiger partial charge on any atom is 0.241 e. The molecule has 0 unspecified atom stereocenters. The molecule has 5 heteroatoms. The molecule has 4 rings (SSSR count). The molecule has 0 atom stereocenters. The lowest BCUT2D eigenvalue weighted by atomic mass is 9.93. The summed E-state index contributed by atoms with van der Waals surface area (Å²) in [6.07, 6.45) is 0. The van der Waals surface area contributed by atoms with Crippen LogP contribution in [0.1, 0.15) is 22.7 Å². The lowest BCUT2D eigenvalue weighted by molar-refractivity contribution is 0.105. The fourth-order valence-electron chi connectivity index (χ4n) is 3.82. The first-order chi connectivity index (χ1) is 13.5. The Labute approximate surface area is 166 Å². The monoisotopic (exact) mass is 392 g/mol. The number of nitrogens with zero attached hydrogens (tertiary/aromatic N) is 1. The van der Waals surface area contributed by atoms with Gasteiger partial charge in [-0.05, 0) is 29.7 Å². The van der Waals surface area contributed by atoms with Crippen molar-refractivity contribution < 1.29 is 8.42 Å². The second-order valence-corrected chi connectivity index (χ2v) is 8.94. The highest BCUT2D eigenvalue weighted by molar-refractivity contribution is 7.89. The summed E-state index contributed by atoms with van der Waals surface area (Å²) in [4.78, 5) is 2.67. The minimum Gasteiger partial charge on any atom is -0.289 e. The second kappa shape index (κ2) is 7.87. The van der Waals surface area contributed by atoms with Gasteiger partial charge in [0.15, 0.2) is 0 Å². The molecule has 4 nitrogen and oxygen atoms in total. The normalized spacial score (nSPS) is 15.5. The van der Waals surface area contributed by atoms with Gasteiger partial charge in [0.25, 0.3) is 0 Å². The zero-order valence-electron chi connectivity index (χ0n) is 15.8. The van der Waals surface area contributed by atoms with Crippen molar-refractivity contribution in [2.75, 3.05) is 13.1 Å². The molecule has 0 bridgehead atoms. The third-order valence-corrected chi connectivity index (χ3v) is 6.89. The van der Waals surface area contributed by atoms with Crippen molar-refractivity contribution in [2.45, 2.75) is 23.9 Å². The summed E-state index contributed by atoms with van der Waals surface area (Å²) in [5, 5.41) is 0. The smallest absolute Gasteiger partial charge is 0.241 e. The van der Waals surface area contributed by atoms with Gasteiger partial charge < -0.3 is 0 Å². The Balaban J connectivity index is 1.50. The maximum atomic E-state index is 12.7. The van der Waals surface area contributed by atoms with Gasteiger partial charge in [0.05, 0.1) is 10.9 Å². The van der Waals surface area contributed by atoms with Crippen molar-refractivity contribution in [3.05, 3.63) is 102 Å². The first kappa shape index (κ1) is 18.9. The van der Waals surface area contributed by atoms with Gasteiger partial charge in [0.1, 0.15) is 0 Å². The Morgan fingerprint density at radius 1 is 0.821 bits per heavy atom. The van der Waals surface area contributed by atoms with Gasteiger partial charge in [0.2, 0.25) is 10.0 Å². The van der Waals surface area contributed by atoms with Crippen LogP contribution >= 0.6 is 0 Å². The first-order valence-corrected chi connectivity index (χ1v) is 10.9. The van der Waals surface area contributed by atoms with E-state index in [0.29, 0.717) is 18.0 Å². The van der Waals surface area contributed by atoms with E-state index in [1.807, 2.05) is 55.5 Å². The topological polar surface area (TPSA) is 49.4 Å². The predicted molar refractivity (Wildman–Crippen MR) is 112 cm³/mol. The van der Waals surface area contributed by atoms with Crippen molar-refractivity contribution in [1.29, 1.82) is 0 Å². The van der Waals surface area contributed by atoms with Crippen LogP contribution in [0.4, 0.5) is 0 Å². The van der Waals surface area contributed by atoms with Crippen LogP contribution in [0.3, 0.4) is 0 Å². The van der Waals surface area contributed by atoms with Crippen LogP contribution in [0.2, 0.25) is 0 Å². The molecular formula is C23H24N2O2S. The van der Waals surface area contributed by atoms with E-state index in [1.165, 1.54) is 11.1 Å². The van der Waals surface area contributed by atoms with E-state index in [9.17, 15) is 8.42 Å². The van der Waals surface area contributed by atoms with E-state index in [-0.39, 0.29) is 12.1 Å². The fourth-order valence-corrected chi connectivity index (χ4v) is 5.29. The molecular weight excluding hydrogens is 368 g/mol. The summed E-state index contributed by atoms with van der Waals surface area (Å²) >= 11 is 0. The summed E-state index contributed by atoms with van der Waals surface area (Å²) in [6, 6.07) is 27.9. The highest BCUT2D eigenvalue weighted by atomic mass is 32.2. The average molecular weight is 393 g/mol.